The number of hydrogen-bond acceptors (Lipinski definition) is 8. The Balaban J connectivity index is 0.000000290. The lowest BCUT2D eigenvalue weighted by Crippen LogP contribution is -2.32. The zero-order valence-electron chi connectivity index (χ0n) is 30.3. The zero-order valence-corrected chi connectivity index (χ0v) is 31.9. The van der Waals surface area contributed by atoms with Gasteiger partial charge in [-0.15, -0.1) is 0 Å². The number of benzene rings is 4. The standard InChI is InChI=1S/2C21H22FNO3S.2CH4/c2*1-21(24)10-8-16(9-11-21)14-27(25,26)18-6-7-19(20(22)12-18)17-4-2-15(13-23)3-5-17;;/h2*2-7,12,16,24H,8-11,14H2,1H3;2*1H4. The second-order valence-electron chi connectivity index (χ2n) is 15.1. The summed E-state index contributed by atoms with van der Waals surface area (Å²) in [6, 6.07) is 24.9. The van der Waals surface area contributed by atoms with Crippen LogP contribution in [0.5, 0.6) is 0 Å². The Morgan fingerprint density at radius 1 is 0.589 bits per heavy atom. The van der Waals surface area contributed by atoms with Crippen molar-refractivity contribution >= 4 is 19.7 Å². The minimum absolute atomic E-state index is 0. The van der Waals surface area contributed by atoms with Crippen LogP contribution in [-0.2, 0) is 19.7 Å². The molecule has 2 saturated carbocycles. The molecule has 0 atom stereocenters. The normalized spacial score (nSPS) is 22.1. The first kappa shape index (κ1) is 45.9. The summed E-state index contributed by atoms with van der Waals surface area (Å²) in [5.41, 5.74) is 1.30. The molecule has 8 nitrogen and oxygen atoms in total. The molecule has 0 bridgehead atoms. The minimum Gasteiger partial charge on any atom is -0.390 e. The molecule has 6 rings (SSSR count). The van der Waals surface area contributed by atoms with Gasteiger partial charge in [0.15, 0.2) is 19.7 Å². The molecule has 2 N–H and O–H groups in total. The summed E-state index contributed by atoms with van der Waals surface area (Å²) in [7, 11) is -7.19. The van der Waals surface area contributed by atoms with Crippen LogP contribution in [-0.4, -0.2) is 49.8 Å². The summed E-state index contributed by atoms with van der Waals surface area (Å²) in [5.74, 6) is -1.30. The predicted molar refractivity (Wildman–Crippen MR) is 216 cm³/mol. The van der Waals surface area contributed by atoms with E-state index in [4.69, 9.17) is 10.5 Å². The van der Waals surface area contributed by atoms with Gasteiger partial charge in [-0.3, -0.25) is 0 Å². The first-order valence-electron chi connectivity index (χ1n) is 17.9. The van der Waals surface area contributed by atoms with Crippen LogP contribution in [0.2, 0.25) is 0 Å². The summed E-state index contributed by atoms with van der Waals surface area (Å²) in [6.45, 7) is 3.55. The summed E-state index contributed by atoms with van der Waals surface area (Å²) in [5, 5.41) is 37.7. The van der Waals surface area contributed by atoms with Crippen molar-refractivity contribution in [2.75, 3.05) is 11.5 Å². The minimum atomic E-state index is -3.59. The molecule has 0 heterocycles. The molecule has 0 aliphatic heterocycles. The number of sulfone groups is 2. The SMILES string of the molecule is C.C.CC1(O)CCC(CS(=O)(=O)c2ccc(-c3ccc(C#N)cc3)c(F)c2)CC1.CC1(O)CCC(CS(=O)(=O)c2ccc(-c3ccc(C#N)cc3)c(F)c2)CC1. The van der Waals surface area contributed by atoms with E-state index in [-0.39, 0.29) is 48.0 Å². The Kier molecular flexibility index (Phi) is 15.3. The molecule has 0 unspecified atom stereocenters. The molecule has 0 amide bonds. The first-order valence-corrected chi connectivity index (χ1v) is 21.2. The van der Waals surface area contributed by atoms with Crippen LogP contribution in [0.1, 0.15) is 91.2 Å². The maximum absolute atomic E-state index is 14.6. The topological polar surface area (TPSA) is 156 Å². The van der Waals surface area contributed by atoms with Crippen molar-refractivity contribution in [3.8, 4) is 34.4 Å². The van der Waals surface area contributed by atoms with Gasteiger partial charge in [-0.05, 0) is 137 Å². The Morgan fingerprint density at radius 2 is 0.893 bits per heavy atom. The van der Waals surface area contributed by atoms with Crippen LogP contribution in [0.15, 0.2) is 94.7 Å². The third-order valence-corrected chi connectivity index (χ3v) is 14.3. The van der Waals surface area contributed by atoms with E-state index in [1.165, 1.54) is 24.3 Å². The van der Waals surface area contributed by atoms with Crippen LogP contribution in [0, 0.1) is 46.1 Å². The summed E-state index contributed by atoms with van der Waals surface area (Å²) >= 11 is 0. The van der Waals surface area contributed by atoms with Crippen molar-refractivity contribution in [2.45, 2.75) is 101 Å². The van der Waals surface area contributed by atoms with Gasteiger partial charge in [0.25, 0.3) is 0 Å². The number of halogens is 2. The van der Waals surface area contributed by atoms with E-state index < -0.39 is 42.5 Å². The Labute approximate surface area is 331 Å². The van der Waals surface area contributed by atoms with Gasteiger partial charge >= 0.3 is 0 Å². The number of aliphatic hydroxyl groups is 2. The molecule has 0 saturated heterocycles. The van der Waals surface area contributed by atoms with Gasteiger partial charge in [0.2, 0.25) is 0 Å². The van der Waals surface area contributed by atoms with Crippen molar-refractivity contribution in [2.24, 2.45) is 11.8 Å². The van der Waals surface area contributed by atoms with Crippen LogP contribution >= 0.6 is 0 Å². The van der Waals surface area contributed by atoms with E-state index in [0.29, 0.717) is 84.7 Å². The number of nitriles is 2. The number of hydrogen-bond donors (Lipinski definition) is 2. The molecule has 4 aromatic rings. The second kappa shape index (κ2) is 18.7. The van der Waals surface area contributed by atoms with Crippen molar-refractivity contribution in [3.05, 3.63) is 108 Å². The maximum atomic E-state index is 14.6. The largest absolute Gasteiger partial charge is 0.390 e. The molecule has 300 valence electrons. The predicted octanol–water partition coefficient (Wildman–Crippen LogP) is 9.43. The summed E-state index contributed by atoms with van der Waals surface area (Å²) < 4.78 is 79.9. The van der Waals surface area contributed by atoms with E-state index >= 15 is 0 Å². The summed E-state index contributed by atoms with van der Waals surface area (Å²) in [4.78, 5) is -0.0375. The highest BCUT2D eigenvalue weighted by atomic mass is 32.2. The first-order chi connectivity index (χ1) is 25.4. The molecular weight excluding hydrogens is 755 g/mol. The Hall–Kier alpha value is -4.46. The van der Waals surface area contributed by atoms with Gasteiger partial charge < -0.3 is 10.2 Å². The van der Waals surface area contributed by atoms with Gasteiger partial charge in [0.1, 0.15) is 11.6 Å². The average molecular weight is 807 g/mol. The fraction of sp³-hybridized carbons (Fsp3) is 0.409. The lowest BCUT2D eigenvalue weighted by molar-refractivity contribution is 0.0104. The van der Waals surface area contributed by atoms with E-state index in [9.17, 15) is 35.8 Å². The molecule has 2 fully saturated rings. The van der Waals surface area contributed by atoms with Gasteiger partial charge in [0.05, 0.1) is 55.8 Å². The number of rotatable bonds is 8. The quantitative estimate of drug-likeness (QED) is 0.178. The average Bonchev–Trinajstić information content (AvgIpc) is 3.13. The van der Waals surface area contributed by atoms with Crippen molar-refractivity contribution in [3.63, 3.8) is 0 Å². The molecule has 2 aliphatic carbocycles. The second-order valence-corrected chi connectivity index (χ2v) is 19.2. The molecule has 12 heteroatoms. The highest BCUT2D eigenvalue weighted by Gasteiger charge is 2.33. The smallest absolute Gasteiger partial charge is 0.178 e. The highest BCUT2D eigenvalue weighted by molar-refractivity contribution is 7.91. The van der Waals surface area contributed by atoms with Crippen LogP contribution in [0.4, 0.5) is 8.78 Å². The van der Waals surface area contributed by atoms with Gasteiger partial charge in [-0.1, -0.05) is 51.3 Å². The van der Waals surface area contributed by atoms with Gasteiger partial charge in [-0.25, -0.2) is 25.6 Å². The summed E-state index contributed by atoms with van der Waals surface area (Å²) in [6.07, 6.45) is 4.93. The van der Waals surface area contributed by atoms with Crippen LogP contribution < -0.4 is 0 Å². The third-order valence-electron chi connectivity index (χ3n) is 10.5. The van der Waals surface area contributed by atoms with Gasteiger partial charge in [0, 0.05) is 11.1 Å². The molecule has 0 radical (unpaired) electrons. The van der Waals surface area contributed by atoms with E-state index in [0.717, 1.165) is 12.1 Å². The molecule has 56 heavy (non-hydrogen) atoms. The molecular formula is C44H52F2N2O6S2. The molecule has 4 aromatic carbocycles. The van der Waals surface area contributed by atoms with Crippen LogP contribution in [0.25, 0.3) is 22.3 Å². The Morgan fingerprint density at radius 3 is 1.16 bits per heavy atom. The third kappa shape index (κ3) is 11.8. The lowest BCUT2D eigenvalue weighted by Gasteiger charge is -2.32. The van der Waals surface area contributed by atoms with Gasteiger partial charge in [-0.2, -0.15) is 10.5 Å². The molecule has 2 aliphatic rings. The van der Waals surface area contributed by atoms with Crippen LogP contribution in [0.3, 0.4) is 0 Å². The van der Waals surface area contributed by atoms with E-state index in [1.807, 2.05) is 12.1 Å². The van der Waals surface area contributed by atoms with Crippen molar-refractivity contribution in [1.29, 1.82) is 10.5 Å². The zero-order chi connectivity index (χ0) is 39.3. The van der Waals surface area contributed by atoms with E-state index in [1.54, 1.807) is 62.4 Å². The monoisotopic (exact) mass is 806 g/mol. The lowest BCUT2D eigenvalue weighted by atomic mass is 9.81. The molecule has 0 aromatic heterocycles. The fourth-order valence-electron chi connectivity index (χ4n) is 7.04. The fourth-order valence-corrected chi connectivity index (χ4v) is 10.5. The van der Waals surface area contributed by atoms with Crippen molar-refractivity contribution < 1.29 is 35.8 Å². The van der Waals surface area contributed by atoms with E-state index in [2.05, 4.69) is 0 Å². The Bertz CT molecular complexity index is 2090. The van der Waals surface area contributed by atoms with Crippen molar-refractivity contribution in [1.82, 2.24) is 0 Å². The maximum Gasteiger partial charge on any atom is 0.178 e. The highest BCUT2D eigenvalue weighted by Crippen LogP contribution is 2.36. The number of nitrogens with zero attached hydrogens (tertiary/aromatic N) is 2. The molecule has 0 spiro atoms.